The Bertz CT molecular complexity index is 440. The highest BCUT2D eigenvalue weighted by Gasteiger charge is 2.48. The van der Waals surface area contributed by atoms with Crippen molar-refractivity contribution in [1.82, 2.24) is 0 Å². The van der Waals surface area contributed by atoms with Gasteiger partial charge >= 0.3 is 0 Å². The molecule has 172 valence electrons. The number of hydrogen-bond acceptors (Lipinski definition) is 9. The maximum absolute atomic E-state index is 10.5. The smallest absolute Gasteiger partial charge is 0.187 e. The second-order valence-electron chi connectivity index (χ2n) is 8.01. The van der Waals surface area contributed by atoms with Gasteiger partial charge in [-0.05, 0) is 13.3 Å². The van der Waals surface area contributed by atoms with Gasteiger partial charge in [0.2, 0.25) is 0 Å². The van der Waals surface area contributed by atoms with Crippen molar-refractivity contribution in [2.45, 2.75) is 114 Å². The van der Waals surface area contributed by atoms with Crippen LogP contribution in [0.25, 0.3) is 0 Å². The minimum atomic E-state index is -1.36. The summed E-state index contributed by atoms with van der Waals surface area (Å²) in [5, 5.41) is 49.9. The summed E-state index contributed by atoms with van der Waals surface area (Å²) < 4.78 is 22.7. The second-order valence-corrected chi connectivity index (χ2v) is 8.01. The molecular formula is C20H38O9. The molecule has 5 N–H and O–H groups in total. The number of ether oxygens (including phenoxy) is 4. The summed E-state index contributed by atoms with van der Waals surface area (Å²) in [6, 6.07) is 0. The molecular weight excluding hydrogens is 384 g/mol. The van der Waals surface area contributed by atoms with Gasteiger partial charge in [-0.2, -0.15) is 0 Å². The third kappa shape index (κ3) is 7.09. The van der Waals surface area contributed by atoms with Crippen molar-refractivity contribution < 1.29 is 44.5 Å². The normalized spacial score (nSPS) is 40.9. The first kappa shape index (κ1) is 24.9. The topological polar surface area (TPSA) is 138 Å². The highest BCUT2D eigenvalue weighted by Crippen LogP contribution is 2.29. The monoisotopic (exact) mass is 422 g/mol. The van der Waals surface area contributed by atoms with E-state index in [0.29, 0.717) is 6.61 Å². The average Bonchev–Trinajstić information content (AvgIpc) is 2.70. The maximum atomic E-state index is 10.5. The van der Waals surface area contributed by atoms with E-state index in [-0.39, 0.29) is 6.42 Å². The van der Waals surface area contributed by atoms with E-state index in [0.717, 1.165) is 19.3 Å². The van der Waals surface area contributed by atoms with E-state index in [4.69, 9.17) is 18.9 Å². The van der Waals surface area contributed by atoms with Crippen LogP contribution < -0.4 is 0 Å². The Labute approximate surface area is 172 Å². The molecule has 0 aromatic carbocycles. The van der Waals surface area contributed by atoms with E-state index in [9.17, 15) is 25.5 Å². The third-order valence-electron chi connectivity index (χ3n) is 5.59. The third-order valence-corrected chi connectivity index (χ3v) is 5.59. The maximum Gasteiger partial charge on any atom is 0.187 e. The summed E-state index contributed by atoms with van der Waals surface area (Å²) in [6.07, 6.45) is -2.81. The van der Waals surface area contributed by atoms with Gasteiger partial charge in [0.15, 0.2) is 12.6 Å². The largest absolute Gasteiger partial charge is 0.394 e. The lowest BCUT2D eigenvalue weighted by Gasteiger charge is -2.44. The van der Waals surface area contributed by atoms with E-state index < -0.39 is 61.9 Å². The van der Waals surface area contributed by atoms with Crippen molar-refractivity contribution in [3.05, 3.63) is 0 Å². The van der Waals surface area contributed by atoms with Gasteiger partial charge in [0.1, 0.15) is 30.5 Å². The lowest BCUT2D eigenvalue weighted by Crippen LogP contribution is -2.61. The van der Waals surface area contributed by atoms with Crippen molar-refractivity contribution in [3.8, 4) is 0 Å². The average molecular weight is 423 g/mol. The van der Waals surface area contributed by atoms with Gasteiger partial charge in [0.25, 0.3) is 0 Å². The van der Waals surface area contributed by atoms with E-state index >= 15 is 0 Å². The Morgan fingerprint density at radius 2 is 1.59 bits per heavy atom. The predicted octanol–water partition coefficient (Wildman–Crippen LogP) is 0.0444. The van der Waals surface area contributed by atoms with Crippen LogP contribution in [0.1, 0.15) is 58.8 Å². The molecule has 29 heavy (non-hydrogen) atoms. The molecule has 0 unspecified atom stereocenters. The van der Waals surface area contributed by atoms with Gasteiger partial charge < -0.3 is 44.5 Å². The molecule has 9 atom stereocenters. The van der Waals surface area contributed by atoms with Gasteiger partial charge in [-0.3, -0.25) is 0 Å². The standard InChI is InChI=1S/C20H38O9/c1-3-4-5-6-7-8-9-26-20-19(18(25)17(24)14(11-21)28-20)29-15-10-13(22)16(23)12(2)27-15/h12-25H,3-11H2,1-2H3/t12-,13-,14+,15-,16+,17-,18-,19+,20+/m0/s1. The van der Waals surface area contributed by atoms with Crippen molar-refractivity contribution in [1.29, 1.82) is 0 Å². The van der Waals surface area contributed by atoms with Gasteiger partial charge in [-0.15, -0.1) is 0 Å². The number of rotatable bonds is 11. The molecule has 0 bridgehead atoms. The molecule has 2 aliphatic heterocycles. The molecule has 0 aliphatic carbocycles. The summed E-state index contributed by atoms with van der Waals surface area (Å²) in [7, 11) is 0. The minimum Gasteiger partial charge on any atom is -0.394 e. The summed E-state index contributed by atoms with van der Waals surface area (Å²) in [5.41, 5.74) is 0. The van der Waals surface area contributed by atoms with Gasteiger partial charge in [0.05, 0.1) is 18.8 Å². The number of unbranched alkanes of at least 4 members (excludes halogenated alkanes) is 5. The van der Waals surface area contributed by atoms with Crippen molar-refractivity contribution in [2.75, 3.05) is 13.2 Å². The first-order valence-corrected chi connectivity index (χ1v) is 10.8. The van der Waals surface area contributed by atoms with E-state index in [1.165, 1.54) is 19.3 Å². The first-order chi connectivity index (χ1) is 13.9. The zero-order valence-electron chi connectivity index (χ0n) is 17.4. The SMILES string of the molecule is CCCCCCCCO[C@@H]1O[C@H](CO)[C@H](O)[C@H](O)[C@H]1O[C@H]1C[C@H](O)[C@H](O)[C@H](C)O1. The molecule has 0 radical (unpaired) electrons. The van der Waals surface area contributed by atoms with Crippen LogP contribution >= 0.6 is 0 Å². The molecule has 0 saturated carbocycles. The Hall–Kier alpha value is -0.360. The quantitative estimate of drug-likeness (QED) is 0.292. The van der Waals surface area contributed by atoms with E-state index in [1.807, 2.05) is 0 Å². The number of aliphatic hydroxyl groups excluding tert-OH is 5. The fraction of sp³-hybridized carbons (Fsp3) is 1.00. The molecule has 0 spiro atoms. The summed E-state index contributed by atoms with van der Waals surface area (Å²) in [5.74, 6) is 0. The van der Waals surface area contributed by atoms with Gasteiger partial charge in [-0.1, -0.05) is 39.0 Å². The van der Waals surface area contributed by atoms with Crippen molar-refractivity contribution >= 4 is 0 Å². The van der Waals surface area contributed by atoms with Gasteiger partial charge in [-0.25, -0.2) is 0 Å². The summed E-state index contributed by atoms with van der Waals surface area (Å²) in [4.78, 5) is 0. The molecule has 0 aromatic rings. The van der Waals surface area contributed by atoms with Crippen LogP contribution in [0.2, 0.25) is 0 Å². The zero-order chi connectivity index (χ0) is 21.4. The number of aliphatic hydroxyl groups is 5. The van der Waals surface area contributed by atoms with Crippen LogP contribution in [0.15, 0.2) is 0 Å². The van der Waals surface area contributed by atoms with Crippen LogP contribution in [0.4, 0.5) is 0 Å². The van der Waals surface area contributed by atoms with E-state index in [1.54, 1.807) is 6.92 Å². The highest BCUT2D eigenvalue weighted by atomic mass is 16.7. The molecule has 2 saturated heterocycles. The van der Waals surface area contributed by atoms with Crippen molar-refractivity contribution in [3.63, 3.8) is 0 Å². The number of hydrogen-bond donors (Lipinski definition) is 5. The van der Waals surface area contributed by atoms with Crippen LogP contribution in [-0.2, 0) is 18.9 Å². The predicted molar refractivity (Wildman–Crippen MR) is 103 cm³/mol. The van der Waals surface area contributed by atoms with E-state index in [2.05, 4.69) is 6.92 Å². The zero-order valence-corrected chi connectivity index (χ0v) is 17.4. The Kier molecular flexibility index (Phi) is 10.7. The molecule has 2 aliphatic rings. The molecule has 9 heteroatoms. The van der Waals surface area contributed by atoms with Gasteiger partial charge in [0, 0.05) is 13.0 Å². The summed E-state index contributed by atoms with van der Waals surface area (Å²) in [6.45, 7) is 3.70. The van der Waals surface area contributed by atoms with Crippen LogP contribution in [0.3, 0.4) is 0 Å². The minimum absolute atomic E-state index is 0.0123. The fourth-order valence-corrected chi connectivity index (χ4v) is 3.70. The molecule has 9 nitrogen and oxygen atoms in total. The van der Waals surface area contributed by atoms with Crippen LogP contribution in [0.5, 0.6) is 0 Å². The molecule has 0 amide bonds. The molecule has 2 fully saturated rings. The first-order valence-electron chi connectivity index (χ1n) is 10.8. The molecule has 0 aromatic heterocycles. The lowest BCUT2D eigenvalue weighted by atomic mass is 9.98. The van der Waals surface area contributed by atoms with Crippen LogP contribution in [0, 0.1) is 0 Å². The molecule has 2 rings (SSSR count). The fourth-order valence-electron chi connectivity index (χ4n) is 3.70. The van der Waals surface area contributed by atoms with Crippen LogP contribution in [-0.4, -0.2) is 94.1 Å². The van der Waals surface area contributed by atoms with Crippen molar-refractivity contribution in [2.24, 2.45) is 0 Å². The molecule has 2 heterocycles. The Morgan fingerprint density at radius 1 is 0.897 bits per heavy atom. The highest BCUT2D eigenvalue weighted by molar-refractivity contribution is 4.91. The Balaban J connectivity index is 1.91. The lowest BCUT2D eigenvalue weighted by molar-refractivity contribution is -0.348. The second kappa shape index (κ2) is 12.5. The summed E-state index contributed by atoms with van der Waals surface area (Å²) >= 11 is 0. The Morgan fingerprint density at radius 3 is 2.24 bits per heavy atom.